The Morgan fingerprint density at radius 3 is 2.81 bits per heavy atom. The van der Waals surface area contributed by atoms with Crippen molar-refractivity contribution in [2.24, 2.45) is 0 Å². The number of benzene rings is 2. The molecule has 106 valence electrons. The van der Waals surface area contributed by atoms with E-state index in [1.54, 1.807) is 0 Å². The zero-order valence-electron chi connectivity index (χ0n) is 12.0. The summed E-state index contributed by atoms with van der Waals surface area (Å²) in [5, 5.41) is 10.8. The first-order valence-corrected chi connectivity index (χ1v) is 7.61. The highest BCUT2D eigenvalue weighted by Gasteiger charge is 2.20. The van der Waals surface area contributed by atoms with Crippen LogP contribution in [0.1, 0.15) is 24.1 Å². The van der Waals surface area contributed by atoms with Crippen LogP contribution in [0.3, 0.4) is 0 Å². The van der Waals surface area contributed by atoms with Crippen LogP contribution in [0.15, 0.2) is 54.7 Å². The Bertz CT molecular complexity index is 751. The summed E-state index contributed by atoms with van der Waals surface area (Å²) in [6, 6.07) is 17.8. The highest BCUT2D eigenvalue weighted by Crippen LogP contribution is 2.20. The summed E-state index contributed by atoms with van der Waals surface area (Å²) in [7, 11) is 0. The third-order valence-corrected chi connectivity index (χ3v) is 4.06. The van der Waals surface area contributed by atoms with Gasteiger partial charge in [-0.2, -0.15) is 5.10 Å². The van der Waals surface area contributed by atoms with Crippen molar-refractivity contribution in [3.63, 3.8) is 0 Å². The van der Waals surface area contributed by atoms with Gasteiger partial charge < -0.3 is 5.32 Å². The molecular formula is C18H19N3. The fraction of sp³-hybridized carbons (Fsp3) is 0.278. The van der Waals surface area contributed by atoms with Gasteiger partial charge in [-0.3, -0.25) is 4.68 Å². The van der Waals surface area contributed by atoms with Crippen LogP contribution in [0.4, 0.5) is 0 Å². The summed E-state index contributed by atoms with van der Waals surface area (Å²) < 4.78 is 2.03. The number of hydrogen-bond acceptors (Lipinski definition) is 2. The van der Waals surface area contributed by atoms with E-state index in [1.807, 2.05) is 4.68 Å². The van der Waals surface area contributed by atoms with Crippen molar-refractivity contribution in [3.8, 4) is 0 Å². The number of nitrogens with one attached hydrogen (secondary N) is 1. The molecule has 1 N–H and O–H groups in total. The van der Waals surface area contributed by atoms with Gasteiger partial charge in [0, 0.05) is 18.8 Å². The Hall–Kier alpha value is -2.13. The second-order valence-electron chi connectivity index (χ2n) is 5.80. The summed E-state index contributed by atoms with van der Waals surface area (Å²) in [6.07, 6.45) is 4.71. The minimum atomic E-state index is 0.730. The standard InChI is InChI=1S/C18H19N3/c1-2-7-18-14(4-1)5-3-6-15(18)13-21-11-10-17(20-21)12-19-16-8-9-16/h1-7,10-11,16,19H,8-9,12-13H2. The maximum Gasteiger partial charge on any atom is 0.0762 e. The molecule has 0 aliphatic heterocycles. The Morgan fingerprint density at radius 1 is 1.05 bits per heavy atom. The molecule has 21 heavy (non-hydrogen) atoms. The lowest BCUT2D eigenvalue weighted by Crippen LogP contribution is -2.16. The maximum atomic E-state index is 4.67. The van der Waals surface area contributed by atoms with E-state index in [1.165, 1.54) is 29.2 Å². The van der Waals surface area contributed by atoms with Crippen LogP contribution in [0, 0.1) is 0 Å². The van der Waals surface area contributed by atoms with Crippen LogP contribution in [-0.2, 0) is 13.1 Å². The van der Waals surface area contributed by atoms with Crippen molar-refractivity contribution in [1.82, 2.24) is 15.1 Å². The van der Waals surface area contributed by atoms with Gasteiger partial charge in [0.25, 0.3) is 0 Å². The first-order valence-electron chi connectivity index (χ1n) is 7.61. The van der Waals surface area contributed by atoms with Crippen molar-refractivity contribution in [2.45, 2.75) is 32.0 Å². The van der Waals surface area contributed by atoms with Crippen molar-refractivity contribution in [1.29, 1.82) is 0 Å². The molecule has 1 aliphatic rings. The molecule has 1 heterocycles. The molecule has 3 aromatic rings. The normalized spacial score (nSPS) is 14.7. The molecule has 1 fully saturated rings. The van der Waals surface area contributed by atoms with Gasteiger partial charge in [-0.25, -0.2) is 0 Å². The molecule has 4 rings (SSSR count). The molecule has 0 amide bonds. The summed E-state index contributed by atoms with van der Waals surface area (Å²) in [4.78, 5) is 0. The molecule has 0 bridgehead atoms. The molecule has 3 nitrogen and oxygen atoms in total. The van der Waals surface area contributed by atoms with Crippen LogP contribution < -0.4 is 5.32 Å². The SMILES string of the molecule is c1ccc2c(Cn3ccc(CNC4CC4)n3)cccc2c1. The molecule has 0 saturated heterocycles. The van der Waals surface area contributed by atoms with Crippen LogP contribution in [0.5, 0.6) is 0 Å². The molecule has 1 saturated carbocycles. The first kappa shape index (κ1) is 12.6. The largest absolute Gasteiger partial charge is 0.308 e. The first-order chi connectivity index (χ1) is 10.4. The van der Waals surface area contributed by atoms with Crippen molar-refractivity contribution >= 4 is 10.8 Å². The lowest BCUT2D eigenvalue weighted by Gasteiger charge is -2.07. The molecular weight excluding hydrogens is 258 g/mol. The molecule has 0 spiro atoms. The third kappa shape index (κ3) is 2.83. The number of rotatable bonds is 5. The van der Waals surface area contributed by atoms with Crippen LogP contribution >= 0.6 is 0 Å². The zero-order chi connectivity index (χ0) is 14.1. The number of hydrogen-bond donors (Lipinski definition) is 1. The fourth-order valence-electron chi connectivity index (χ4n) is 2.73. The van der Waals surface area contributed by atoms with E-state index < -0.39 is 0 Å². The van der Waals surface area contributed by atoms with Gasteiger partial charge >= 0.3 is 0 Å². The van der Waals surface area contributed by atoms with Crippen LogP contribution in [-0.4, -0.2) is 15.8 Å². The number of nitrogens with zero attached hydrogens (tertiary/aromatic N) is 2. The lowest BCUT2D eigenvalue weighted by atomic mass is 10.0. The Balaban J connectivity index is 1.53. The van der Waals surface area contributed by atoms with Gasteiger partial charge in [-0.15, -0.1) is 0 Å². The average molecular weight is 277 g/mol. The molecule has 0 unspecified atom stereocenters. The summed E-state index contributed by atoms with van der Waals surface area (Å²) in [5.74, 6) is 0. The lowest BCUT2D eigenvalue weighted by molar-refractivity contribution is 0.632. The molecule has 0 atom stereocenters. The maximum absolute atomic E-state index is 4.67. The van der Waals surface area contributed by atoms with Crippen molar-refractivity contribution < 1.29 is 0 Å². The van der Waals surface area contributed by atoms with Crippen LogP contribution in [0.25, 0.3) is 10.8 Å². The highest BCUT2D eigenvalue weighted by molar-refractivity contribution is 5.85. The topological polar surface area (TPSA) is 29.9 Å². The summed E-state index contributed by atoms with van der Waals surface area (Å²) in [5.41, 5.74) is 2.44. The number of aromatic nitrogens is 2. The predicted octanol–water partition coefficient (Wildman–Crippen LogP) is 3.34. The minimum absolute atomic E-state index is 0.730. The quantitative estimate of drug-likeness (QED) is 0.775. The predicted molar refractivity (Wildman–Crippen MR) is 85.1 cm³/mol. The second kappa shape index (κ2) is 5.34. The van der Waals surface area contributed by atoms with E-state index in [0.29, 0.717) is 0 Å². The average Bonchev–Trinajstić information content (AvgIpc) is 3.25. The summed E-state index contributed by atoms with van der Waals surface area (Å²) in [6.45, 7) is 1.71. The van der Waals surface area contributed by atoms with Crippen molar-refractivity contribution in [2.75, 3.05) is 0 Å². The van der Waals surface area contributed by atoms with E-state index in [9.17, 15) is 0 Å². The van der Waals surface area contributed by atoms with Gasteiger partial charge in [0.2, 0.25) is 0 Å². The van der Waals surface area contributed by atoms with Crippen molar-refractivity contribution in [3.05, 3.63) is 66.0 Å². The Labute approximate surface area is 124 Å². The number of fused-ring (bicyclic) bond motifs is 1. The van der Waals surface area contributed by atoms with Gasteiger partial charge in [-0.05, 0) is 35.2 Å². The van der Waals surface area contributed by atoms with Gasteiger partial charge in [-0.1, -0.05) is 42.5 Å². The minimum Gasteiger partial charge on any atom is -0.308 e. The molecule has 2 aromatic carbocycles. The monoisotopic (exact) mass is 277 g/mol. The Morgan fingerprint density at radius 2 is 1.90 bits per heavy atom. The summed E-state index contributed by atoms with van der Waals surface area (Å²) >= 11 is 0. The molecule has 1 aromatic heterocycles. The second-order valence-corrected chi connectivity index (χ2v) is 5.80. The van der Waals surface area contributed by atoms with E-state index in [-0.39, 0.29) is 0 Å². The van der Waals surface area contributed by atoms with E-state index >= 15 is 0 Å². The molecule has 1 aliphatic carbocycles. The smallest absolute Gasteiger partial charge is 0.0762 e. The zero-order valence-corrected chi connectivity index (χ0v) is 12.0. The van der Waals surface area contributed by atoms with E-state index in [4.69, 9.17) is 0 Å². The third-order valence-electron chi connectivity index (χ3n) is 4.06. The van der Waals surface area contributed by atoms with Gasteiger partial charge in [0.05, 0.1) is 12.2 Å². The highest BCUT2D eigenvalue weighted by atomic mass is 15.3. The van der Waals surface area contributed by atoms with Crippen LogP contribution in [0.2, 0.25) is 0 Å². The van der Waals surface area contributed by atoms with Gasteiger partial charge in [0.15, 0.2) is 0 Å². The molecule has 0 radical (unpaired) electrons. The molecule has 3 heteroatoms. The van der Waals surface area contributed by atoms with E-state index in [0.717, 1.165) is 24.8 Å². The van der Waals surface area contributed by atoms with Gasteiger partial charge in [0.1, 0.15) is 0 Å². The Kier molecular flexibility index (Phi) is 3.20. The fourth-order valence-corrected chi connectivity index (χ4v) is 2.73. The van der Waals surface area contributed by atoms with E-state index in [2.05, 4.69) is 65.1 Å².